The Morgan fingerprint density at radius 3 is 2.74 bits per heavy atom. The molecule has 1 heterocycles. The number of phenols is 1. The summed E-state index contributed by atoms with van der Waals surface area (Å²) in [6.07, 6.45) is 3.08. The van der Waals surface area contributed by atoms with Gasteiger partial charge in [-0.3, -0.25) is 4.79 Å². The molecule has 100 valence electrons. The molecule has 5 heteroatoms. The van der Waals surface area contributed by atoms with Crippen LogP contribution in [0.1, 0.15) is 30.6 Å². The summed E-state index contributed by atoms with van der Waals surface area (Å²) in [6.45, 7) is 2.11. The van der Waals surface area contributed by atoms with E-state index in [0.717, 1.165) is 5.56 Å². The molecule has 1 atom stereocenters. The van der Waals surface area contributed by atoms with Crippen molar-refractivity contribution >= 4 is 5.97 Å². The van der Waals surface area contributed by atoms with Crippen LogP contribution in [-0.2, 0) is 9.53 Å². The average molecular weight is 261 g/mol. The van der Waals surface area contributed by atoms with Gasteiger partial charge in [-0.2, -0.15) is 0 Å². The molecule has 2 aromatic rings. The molecular formula is C14H15NO4. The van der Waals surface area contributed by atoms with E-state index in [1.54, 1.807) is 37.4 Å². The summed E-state index contributed by atoms with van der Waals surface area (Å²) < 4.78 is 10.2. The lowest BCUT2D eigenvalue weighted by Gasteiger charge is -2.13. The highest BCUT2D eigenvalue weighted by Gasteiger charge is 2.21. The average Bonchev–Trinajstić information content (AvgIpc) is 2.91. The predicted octanol–water partition coefficient (Wildman–Crippen LogP) is 2.47. The smallest absolute Gasteiger partial charge is 0.306 e. The standard InChI is InChI=1S/C14H15NO4/c1-2-18-14(17)7-12(13-8-15-9-19-13)10-3-5-11(16)6-4-10/h3-6,8-9,12,16H,2,7H2,1H3/t12-/m1/s1. The lowest BCUT2D eigenvalue weighted by atomic mass is 9.93. The number of oxazole rings is 1. The summed E-state index contributed by atoms with van der Waals surface area (Å²) in [5.41, 5.74) is 0.864. The van der Waals surface area contributed by atoms with Gasteiger partial charge >= 0.3 is 5.97 Å². The van der Waals surface area contributed by atoms with Crippen molar-refractivity contribution in [2.24, 2.45) is 0 Å². The largest absolute Gasteiger partial charge is 0.508 e. The van der Waals surface area contributed by atoms with Crippen LogP contribution in [0.4, 0.5) is 0 Å². The van der Waals surface area contributed by atoms with E-state index < -0.39 is 0 Å². The maximum Gasteiger partial charge on any atom is 0.306 e. The number of ether oxygens (including phenoxy) is 1. The monoisotopic (exact) mass is 261 g/mol. The van der Waals surface area contributed by atoms with Crippen LogP contribution in [0.5, 0.6) is 5.75 Å². The maximum absolute atomic E-state index is 11.7. The zero-order valence-electron chi connectivity index (χ0n) is 10.6. The molecule has 0 fully saturated rings. The first kappa shape index (κ1) is 13.1. The van der Waals surface area contributed by atoms with Crippen molar-refractivity contribution in [2.45, 2.75) is 19.3 Å². The fourth-order valence-electron chi connectivity index (χ4n) is 1.87. The molecule has 0 saturated heterocycles. The number of esters is 1. The van der Waals surface area contributed by atoms with Crippen molar-refractivity contribution < 1.29 is 19.1 Å². The van der Waals surface area contributed by atoms with Crippen LogP contribution in [-0.4, -0.2) is 22.7 Å². The Bertz CT molecular complexity index is 519. The molecule has 0 bridgehead atoms. The molecular weight excluding hydrogens is 246 g/mol. The van der Waals surface area contributed by atoms with E-state index in [-0.39, 0.29) is 24.1 Å². The van der Waals surface area contributed by atoms with E-state index in [9.17, 15) is 9.90 Å². The number of rotatable bonds is 5. The summed E-state index contributed by atoms with van der Waals surface area (Å²) >= 11 is 0. The van der Waals surface area contributed by atoms with Gasteiger partial charge in [0.05, 0.1) is 25.1 Å². The van der Waals surface area contributed by atoms with Crippen molar-refractivity contribution in [1.29, 1.82) is 0 Å². The van der Waals surface area contributed by atoms with Crippen LogP contribution in [0, 0.1) is 0 Å². The van der Waals surface area contributed by atoms with Crippen LogP contribution >= 0.6 is 0 Å². The second kappa shape index (κ2) is 6.04. The molecule has 0 aliphatic rings. The second-order valence-corrected chi connectivity index (χ2v) is 4.06. The maximum atomic E-state index is 11.7. The Balaban J connectivity index is 2.24. The lowest BCUT2D eigenvalue weighted by Crippen LogP contribution is -2.11. The van der Waals surface area contributed by atoms with Gasteiger partial charge in [-0.1, -0.05) is 12.1 Å². The van der Waals surface area contributed by atoms with Gasteiger partial charge in [-0.05, 0) is 24.6 Å². The van der Waals surface area contributed by atoms with Crippen LogP contribution in [0.25, 0.3) is 0 Å². The van der Waals surface area contributed by atoms with Gasteiger partial charge in [0.15, 0.2) is 6.39 Å². The molecule has 0 spiro atoms. The van der Waals surface area contributed by atoms with Crippen LogP contribution in [0.2, 0.25) is 0 Å². The third-order valence-corrected chi connectivity index (χ3v) is 2.77. The third kappa shape index (κ3) is 3.34. The minimum atomic E-state index is -0.294. The Labute approximate surface area is 110 Å². The summed E-state index contributed by atoms with van der Waals surface area (Å²) in [5.74, 6) is 0.217. The number of hydrogen-bond acceptors (Lipinski definition) is 5. The molecule has 0 aliphatic carbocycles. The summed E-state index contributed by atoms with van der Waals surface area (Å²) in [7, 11) is 0. The molecule has 0 aliphatic heterocycles. The molecule has 0 saturated carbocycles. The third-order valence-electron chi connectivity index (χ3n) is 2.77. The van der Waals surface area contributed by atoms with Gasteiger partial charge in [0.2, 0.25) is 0 Å². The predicted molar refractivity (Wildman–Crippen MR) is 67.7 cm³/mol. The van der Waals surface area contributed by atoms with Crippen molar-refractivity contribution in [1.82, 2.24) is 4.98 Å². The molecule has 1 aromatic carbocycles. The normalized spacial score (nSPS) is 12.1. The highest BCUT2D eigenvalue weighted by atomic mass is 16.5. The Morgan fingerprint density at radius 2 is 2.16 bits per heavy atom. The second-order valence-electron chi connectivity index (χ2n) is 4.06. The molecule has 0 amide bonds. The molecule has 19 heavy (non-hydrogen) atoms. The van der Waals surface area contributed by atoms with Crippen molar-refractivity contribution in [3.63, 3.8) is 0 Å². The fraction of sp³-hybridized carbons (Fsp3) is 0.286. The van der Waals surface area contributed by atoms with E-state index in [1.165, 1.54) is 6.39 Å². The van der Waals surface area contributed by atoms with E-state index in [1.807, 2.05) is 0 Å². The van der Waals surface area contributed by atoms with E-state index in [2.05, 4.69) is 4.98 Å². The zero-order valence-corrected chi connectivity index (χ0v) is 10.6. The number of benzene rings is 1. The molecule has 5 nitrogen and oxygen atoms in total. The van der Waals surface area contributed by atoms with E-state index in [4.69, 9.17) is 9.15 Å². The van der Waals surface area contributed by atoms with Gasteiger partial charge in [0.25, 0.3) is 0 Å². The number of hydrogen-bond donors (Lipinski definition) is 1. The number of aromatic nitrogens is 1. The Morgan fingerprint density at radius 1 is 1.42 bits per heavy atom. The van der Waals surface area contributed by atoms with Crippen LogP contribution in [0.3, 0.4) is 0 Å². The number of carbonyl (C=O) groups excluding carboxylic acids is 1. The van der Waals surface area contributed by atoms with Gasteiger partial charge < -0.3 is 14.3 Å². The number of aromatic hydroxyl groups is 1. The lowest BCUT2D eigenvalue weighted by molar-refractivity contribution is -0.143. The Kier molecular flexibility index (Phi) is 4.18. The van der Waals surface area contributed by atoms with Crippen molar-refractivity contribution in [3.8, 4) is 5.75 Å². The molecule has 1 aromatic heterocycles. The first-order valence-electron chi connectivity index (χ1n) is 6.03. The topological polar surface area (TPSA) is 72.6 Å². The van der Waals surface area contributed by atoms with Crippen LogP contribution in [0.15, 0.2) is 41.3 Å². The minimum Gasteiger partial charge on any atom is -0.508 e. The van der Waals surface area contributed by atoms with E-state index in [0.29, 0.717) is 12.4 Å². The minimum absolute atomic E-state index is 0.174. The quantitative estimate of drug-likeness (QED) is 0.837. The first-order valence-corrected chi connectivity index (χ1v) is 6.03. The first-order chi connectivity index (χ1) is 9.20. The zero-order chi connectivity index (χ0) is 13.7. The van der Waals surface area contributed by atoms with Crippen molar-refractivity contribution in [2.75, 3.05) is 6.61 Å². The van der Waals surface area contributed by atoms with Crippen LogP contribution < -0.4 is 0 Å². The van der Waals surface area contributed by atoms with Gasteiger partial charge in [-0.15, -0.1) is 0 Å². The van der Waals surface area contributed by atoms with Gasteiger partial charge in [-0.25, -0.2) is 4.98 Å². The highest BCUT2D eigenvalue weighted by Crippen LogP contribution is 2.29. The SMILES string of the molecule is CCOC(=O)C[C@H](c1ccc(O)cc1)c1cnco1. The fourth-order valence-corrected chi connectivity index (χ4v) is 1.87. The Hall–Kier alpha value is -2.30. The molecule has 1 N–H and O–H groups in total. The number of nitrogens with zero attached hydrogens (tertiary/aromatic N) is 1. The van der Waals surface area contributed by atoms with E-state index >= 15 is 0 Å². The molecule has 0 radical (unpaired) electrons. The summed E-state index contributed by atoms with van der Waals surface area (Å²) in [5, 5.41) is 9.31. The molecule has 0 unspecified atom stereocenters. The van der Waals surface area contributed by atoms with Gasteiger partial charge in [0, 0.05) is 0 Å². The molecule has 2 rings (SSSR count). The number of phenolic OH excluding ortho intramolecular Hbond substituents is 1. The summed E-state index contributed by atoms with van der Waals surface area (Å²) in [4.78, 5) is 15.5. The van der Waals surface area contributed by atoms with Gasteiger partial charge in [0.1, 0.15) is 11.5 Å². The highest BCUT2D eigenvalue weighted by molar-refractivity contribution is 5.71. The summed E-state index contributed by atoms with van der Waals surface area (Å²) in [6, 6.07) is 6.65. The number of carbonyl (C=O) groups is 1. The van der Waals surface area contributed by atoms with Crippen molar-refractivity contribution in [3.05, 3.63) is 48.2 Å².